The molecular formula is C18H15F3N4O2. The van der Waals surface area contributed by atoms with Crippen molar-refractivity contribution in [2.24, 2.45) is 11.1 Å². The highest BCUT2D eigenvalue weighted by Gasteiger charge is 2.45. The molecule has 1 heterocycles. The van der Waals surface area contributed by atoms with Gasteiger partial charge in [-0.2, -0.15) is 23.5 Å². The van der Waals surface area contributed by atoms with E-state index in [1.165, 1.54) is 18.2 Å². The van der Waals surface area contributed by atoms with Crippen LogP contribution in [0.1, 0.15) is 57.9 Å². The highest BCUT2D eigenvalue weighted by atomic mass is 19.4. The summed E-state index contributed by atoms with van der Waals surface area (Å²) in [6.45, 7) is 3.57. The molecule has 0 atom stereocenters. The molecule has 1 aromatic carbocycles. The van der Waals surface area contributed by atoms with Gasteiger partial charge in [0.2, 0.25) is 5.91 Å². The summed E-state index contributed by atoms with van der Waals surface area (Å²) in [6.07, 6.45) is -4.60. The van der Waals surface area contributed by atoms with E-state index in [0.717, 1.165) is 4.68 Å². The first-order valence-electron chi connectivity index (χ1n) is 8.01. The molecule has 6 nitrogen and oxygen atoms in total. The molecule has 27 heavy (non-hydrogen) atoms. The van der Waals surface area contributed by atoms with Crippen LogP contribution in [0.3, 0.4) is 0 Å². The molecule has 0 bridgehead atoms. The molecule has 2 aromatic rings. The number of ketones is 1. The van der Waals surface area contributed by atoms with Crippen LogP contribution in [0.15, 0.2) is 18.2 Å². The summed E-state index contributed by atoms with van der Waals surface area (Å²) < 4.78 is 41.4. The molecule has 9 heteroatoms. The third kappa shape index (κ3) is 3.18. The number of rotatable bonds is 2. The minimum Gasteiger partial charge on any atom is -0.366 e. The number of nitrogens with zero attached hydrogens (tertiary/aromatic N) is 3. The second-order valence-electron chi connectivity index (χ2n) is 7.23. The Bertz CT molecular complexity index is 1010. The maximum absolute atomic E-state index is 13.4. The minimum absolute atomic E-state index is 0.0150. The number of nitrogens with two attached hydrogens (primary N) is 1. The summed E-state index contributed by atoms with van der Waals surface area (Å²) in [6, 6.07) is 5.64. The number of nitriles is 1. The van der Waals surface area contributed by atoms with Gasteiger partial charge in [-0.1, -0.05) is 13.8 Å². The summed E-state index contributed by atoms with van der Waals surface area (Å²) in [4.78, 5) is 23.8. The Kier molecular flexibility index (Phi) is 4.10. The molecule has 1 amide bonds. The SMILES string of the molecule is CC1(C)CC(=O)c2c(C(F)(F)F)nn(-c3ccc(C(N)=O)c(C#N)c3)c2C1. The van der Waals surface area contributed by atoms with Crippen molar-refractivity contribution >= 4 is 11.7 Å². The van der Waals surface area contributed by atoms with Crippen molar-refractivity contribution in [2.75, 3.05) is 0 Å². The molecule has 0 saturated heterocycles. The summed E-state index contributed by atoms with van der Waals surface area (Å²) >= 11 is 0. The maximum Gasteiger partial charge on any atom is 0.435 e. The van der Waals surface area contributed by atoms with Gasteiger partial charge in [-0.25, -0.2) is 4.68 Å². The van der Waals surface area contributed by atoms with E-state index in [1.807, 2.05) is 0 Å². The van der Waals surface area contributed by atoms with Crippen LogP contribution in [-0.2, 0) is 12.6 Å². The van der Waals surface area contributed by atoms with Gasteiger partial charge in [-0.05, 0) is 30.0 Å². The smallest absolute Gasteiger partial charge is 0.366 e. The second kappa shape index (κ2) is 5.94. The summed E-state index contributed by atoms with van der Waals surface area (Å²) in [5, 5.41) is 12.9. The molecule has 0 radical (unpaired) electrons. The molecule has 1 aliphatic rings. The van der Waals surface area contributed by atoms with Crippen molar-refractivity contribution in [3.63, 3.8) is 0 Å². The number of amides is 1. The van der Waals surface area contributed by atoms with Crippen LogP contribution >= 0.6 is 0 Å². The molecule has 3 rings (SSSR count). The van der Waals surface area contributed by atoms with E-state index in [2.05, 4.69) is 5.10 Å². The quantitative estimate of drug-likeness (QED) is 0.870. The maximum atomic E-state index is 13.4. The predicted molar refractivity (Wildman–Crippen MR) is 88.2 cm³/mol. The Hall–Kier alpha value is -3.15. The Morgan fingerprint density at radius 1 is 1.33 bits per heavy atom. The average Bonchev–Trinajstić information content (AvgIpc) is 2.92. The Balaban J connectivity index is 2.28. The van der Waals surface area contributed by atoms with E-state index >= 15 is 0 Å². The molecule has 0 fully saturated rings. The predicted octanol–water partition coefficient (Wildman–Crippen LogP) is 3.02. The molecule has 0 aliphatic heterocycles. The number of benzene rings is 1. The van der Waals surface area contributed by atoms with Crippen molar-refractivity contribution in [1.82, 2.24) is 9.78 Å². The van der Waals surface area contributed by atoms with E-state index in [-0.39, 0.29) is 35.3 Å². The normalized spacial score (nSPS) is 15.9. The lowest BCUT2D eigenvalue weighted by molar-refractivity contribution is -0.141. The second-order valence-corrected chi connectivity index (χ2v) is 7.23. The molecule has 0 saturated carbocycles. The highest BCUT2D eigenvalue weighted by Crippen LogP contribution is 2.41. The van der Waals surface area contributed by atoms with Crippen LogP contribution in [-0.4, -0.2) is 21.5 Å². The molecule has 1 aliphatic carbocycles. The van der Waals surface area contributed by atoms with E-state index < -0.39 is 34.5 Å². The number of halogens is 3. The van der Waals surface area contributed by atoms with Crippen LogP contribution in [0.4, 0.5) is 13.2 Å². The van der Waals surface area contributed by atoms with Crippen molar-refractivity contribution in [3.8, 4) is 11.8 Å². The highest BCUT2D eigenvalue weighted by molar-refractivity contribution is 6.00. The van der Waals surface area contributed by atoms with Gasteiger partial charge < -0.3 is 5.73 Å². The Morgan fingerprint density at radius 2 is 2.00 bits per heavy atom. The van der Waals surface area contributed by atoms with Crippen molar-refractivity contribution in [1.29, 1.82) is 5.26 Å². The van der Waals surface area contributed by atoms with Crippen LogP contribution in [0.5, 0.6) is 0 Å². The van der Waals surface area contributed by atoms with E-state index in [1.54, 1.807) is 19.9 Å². The summed E-state index contributed by atoms with van der Waals surface area (Å²) in [5.41, 5.74) is 3.15. The monoisotopic (exact) mass is 376 g/mol. The first kappa shape index (κ1) is 18.6. The Morgan fingerprint density at radius 3 is 2.56 bits per heavy atom. The largest absolute Gasteiger partial charge is 0.435 e. The number of aromatic nitrogens is 2. The zero-order valence-corrected chi connectivity index (χ0v) is 14.5. The van der Waals surface area contributed by atoms with Crippen molar-refractivity contribution < 1.29 is 22.8 Å². The van der Waals surface area contributed by atoms with Gasteiger partial charge in [-0.3, -0.25) is 9.59 Å². The number of carbonyl (C=O) groups excluding carboxylic acids is 2. The van der Waals surface area contributed by atoms with E-state index in [4.69, 9.17) is 5.73 Å². The third-order valence-corrected chi connectivity index (χ3v) is 4.45. The fourth-order valence-corrected chi connectivity index (χ4v) is 3.33. The molecule has 2 N–H and O–H groups in total. The molecule has 0 spiro atoms. The minimum atomic E-state index is -4.79. The molecule has 140 valence electrons. The fourth-order valence-electron chi connectivity index (χ4n) is 3.33. The number of fused-ring (bicyclic) bond motifs is 1. The molecule has 0 unspecified atom stereocenters. The average molecular weight is 376 g/mol. The van der Waals surface area contributed by atoms with Crippen LogP contribution in [0.2, 0.25) is 0 Å². The summed E-state index contributed by atoms with van der Waals surface area (Å²) in [7, 11) is 0. The zero-order valence-electron chi connectivity index (χ0n) is 14.5. The lowest BCUT2D eigenvalue weighted by atomic mass is 9.75. The van der Waals surface area contributed by atoms with E-state index in [0.29, 0.717) is 0 Å². The number of alkyl halides is 3. The Labute approximate surface area is 152 Å². The lowest BCUT2D eigenvalue weighted by Crippen LogP contribution is -2.29. The third-order valence-electron chi connectivity index (χ3n) is 4.45. The van der Waals surface area contributed by atoms with Crippen molar-refractivity contribution in [3.05, 3.63) is 46.3 Å². The number of Topliss-reactive ketones (excluding diaryl/α,β-unsaturated/α-hetero) is 1. The van der Waals surface area contributed by atoms with E-state index in [9.17, 15) is 28.0 Å². The van der Waals surface area contributed by atoms with Crippen molar-refractivity contribution in [2.45, 2.75) is 32.9 Å². The van der Waals surface area contributed by atoms with Gasteiger partial charge >= 0.3 is 6.18 Å². The molecule has 1 aromatic heterocycles. The van der Waals surface area contributed by atoms with Crippen LogP contribution in [0, 0.1) is 16.7 Å². The van der Waals surface area contributed by atoms with Gasteiger partial charge in [0.1, 0.15) is 6.07 Å². The lowest BCUT2D eigenvalue weighted by Gasteiger charge is -2.29. The van der Waals surface area contributed by atoms with Gasteiger partial charge in [0.15, 0.2) is 11.5 Å². The number of primary amides is 1. The topological polar surface area (TPSA) is 102 Å². The number of hydrogen-bond donors (Lipinski definition) is 1. The fraction of sp³-hybridized carbons (Fsp3) is 0.333. The summed E-state index contributed by atoms with van der Waals surface area (Å²) in [5.74, 6) is -1.44. The van der Waals surface area contributed by atoms with Crippen LogP contribution in [0.25, 0.3) is 5.69 Å². The van der Waals surface area contributed by atoms with Gasteiger partial charge in [0.25, 0.3) is 0 Å². The standard InChI is InChI=1S/C18H15F3N4O2/c1-17(2)6-12-14(13(26)7-17)15(18(19,20)21)24-25(12)10-3-4-11(16(23)27)9(5-10)8-22/h3-5H,6-7H2,1-2H3,(H2,23,27). The number of carbonyl (C=O) groups is 2. The zero-order chi connectivity index (χ0) is 20.1. The van der Waals surface area contributed by atoms with Gasteiger partial charge in [0, 0.05) is 6.42 Å². The first-order chi connectivity index (χ1) is 12.4. The van der Waals surface area contributed by atoms with Crippen LogP contribution < -0.4 is 5.73 Å². The van der Waals surface area contributed by atoms with Gasteiger partial charge in [-0.15, -0.1) is 0 Å². The van der Waals surface area contributed by atoms with Gasteiger partial charge in [0.05, 0.1) is 28.1 Å². The number of hydrogen-bond acceptors (Lipinski definition) is 4. The first-order valence-corrected chi connectivity index (χ1v) is 8.01. The molecular weight excluding hydrogens is 361 g/mol.